The monoisotopic (exact) mass is 267 g/mol. The first-order chi connectivity index (χ1) is 8.70. The summed E-state index contributed by atoms with van der Waals surface area (Å²) in [4.78, 5) is 14.2. The number of carbonyl (C=O) groups is 1. The van der Waals surface area contributed by atoms with Gasteiger partial charge in [0.2, 0.25) is 0 Å². The number of aryl methyl sites for hydroxylation is 1. The summed E-state index contributed by atoms with van der Waals surface area (Å²) in [5, 5.41) is 2.95. The van der Waals surface area contributed by atoms with Crippen LogP contribution < -0.4 is 5.32 Å². The van der Waals surface area contributed by atoms with Gasteiger partial charge in [0.1, 0.15) is 0 Å². The normalized spacial score (nSPS) is 18.4. The summed E-state index contributed by atoms with van der Waals surface area (Å²) in [6.45, 7) is 3.66. The van der Waals surface area contributed by atoms with Crippen molar-refractivity contribution in [1.82, 2.24) is 5.32 Å². The summed E-state index contributed by atoms with van der Waals surface area (Å²) < 4.78 is 4.96. The predicted molar refractivity (Wildman–Crippen MR) is 74.3 cm³/mol. The van der Waals surface area contributed by atoms with Crippen molar-refractivity contribution in [3.05, 3.63) is 21.4 Å². The van der Waals surface area contributed by atoms with E-state index in [1.807, 2.05) is 0 Å². The third kappa shape index (κ3) is 3.33. The third-order valence-corrected chi connectivity index (χ3v) is 4.60. The second-order valence-corrected chi connectivity index (χ2v) is 6.15. The van der Waals surface area contributed by atoms with Gasteiger partial charge in [0, 0.05) is 25.1 Å². The van der Waals surface area contributed by atoms with Crippen LogP contribution in [0.15, 0.2) is 6.07 Å². The van der Waals surface area contributed by atoms with Gasteiger partial charge in [-0.05, 0) is 43.2 Å². The largest absolute Gasteiger partial charge is 0.385 e. The van der Waals surface area contributed by atoms with Crippen molar-refractivity contribution < 1.29 is 9.53 Å². The molecule has 0 spiro atoms. The van der Waals surface area contributed by atoms with E-state index in [1.165, 1.54) is 16.9 Å². The molecule has 1 heterocycles. The van der Waals surface area contributed by atoms with Gasteiger partial charge < -0.3 is 10.1 Å². The van der Waals surface area contributed by atoms with Gasteiger partial charge in [-0.3, -0.25) is 4.79 Å². The number of ether oxygens (including phenoxy) is 1. The molecule has 2 rings (SSSR count). The molecular formula is C14H21NO2S. The van der Waals surface area contributed by atoms with E-state index in [-0.39, 0.29) is 5.91 Å². The minimum atomic E-state index is 0.0677. The summed E-state index contributed by atoms with van der Waals surface area (Å²) >= 11 is 1.67. The molecule has 0 bridgehead atoms. The lowest BCUT2D eigenvalue weighted by atomic mass is 9.90. The number of hydrogen-bond acceptors (Lipinski definition) is 3. The Morgan fingerprint density at radius 2 is 2.44 bits per heavy atom. The van der Waals surface area contributed by atoms with E-state index < -0.39 is 0 Å². The van der Waals surface area contributed by atoms with Crippen molar-refractivity contribution in [2.24, 2.45) is 5.92 Å². The lowest BCUT2D eigenvalue weighted by Gasteiger charge is -2.16. The molecule has 4 heteroatoms. The molecule has 1 atom stereocenters. The van der Waals surface area contributed by atoms with Crippen LogP contribution in [-0.4, -0.2) is 26.2 Å². The molecule has 18 heavy (non-hydrogen) atoms. The number of rotatable bonds is 5. The molecule has 0 fully saturated rings. The predicted octanol–water partition coefficient (Wildman–Crippen LogP) is 2.64. The molecule has 0 radical (unpaired) electrons. The van der Waals surface area contributed by atoms with E-state index >= 15 is 0 Å². The van der Waals surface area contributed by atoms with Crippen molar-refractivity contribution in [3.63, 3.8) is 0 Å². The average Bonchev–Trinajstić information content (AvgIpc) is 2.77. The molecule has 0 saturated heterocycles. The minimum absolute atomic E-state index is 0.0677. The lowest BCUT2D eigenvalue weighted by Crippen LogP contribution is -2.24. The van der Waals surface area contributed by atoms with Crippen LogP contribution in [0.25, 0.3) is 0 Å². The molecule has 0 aromatic carbocycles. The second-order valence-electron chi connectivity index (χ2n) is 5.01. The van der Waals surface area contributed by atoms with Crippen molar-refractivity contribution >= 4 is 17.2 Å². The summed E-state index contributed by atoms with van der Waals surface area (Å²) in [6, 6.07) is 2.08. The number of methoxy groups -OCH3 is 1. The molecule has 100 valence electrons. The fourth-order valence-corrected chi connectivity index (χ4v) is 3.45. The standard InChI is InChI=1S/C14H21NO2S/c1-10-4-5-12-11(8-10)9-13(18-12)14(16)15-6-3-7-17-2/h9-10H,3-8H2,1-2H3,(H,15,16)/t10-/m1/s1. The number of amides is 1. The maximum Gasteiger partial charge on any atom is 0.261 e. The molecule has 0 unspecified atom stereocenters. The van der Waals surface area contributed by atoms with Gasteiger partial charge in [-0.2, -0.15) is 0 Å². The molecule has 0 saturated carbocycles. The van der Waals surface area contributed by atoms with Crippen LogP contribution in [0.3, 0.4) is 0 Å². The molecule has 1 aromatic heterocycles. The molecular weight excluding hydrogens is 246 g/mol. The van der Waals surface area contributed by atoms with Crippen LogP contribution in [-0.2, 0) is 17.6 Å². The zero-order valence-corrected chi connectivity index (χ0v) is 11.9. The summed E-state index contributed by atoms with van der Waals surface area (Å²) in [7, 11) is 1.68. The maximum atomic E-state index is 12.0. The Morgan fingerprint density at radius 1 is 1.61 bits per heavy atom. The van der Waals surface area contributed by atoms with Gasteiger partial charge in [-0.25, -0.2) is 0 Å². The van der Waals surface area contributed by atoms with Gasteiger partial charge in [0.05, 0.1) is 4.88 Å². The number of thiophene rings is 1. The van der Waals surface area contributed by atoms with E-state index in [2.05, 4.69) is 18.3 Å². The maximum absolute atomic E-state index is 12.0. The van der Waals surface area contributed by atoms with Crippen LogP contribution in [0.4, 0.5) is 0 Å². The van der Waals surface area contributed by atoms with Gasteiger partial charge in [-0.1, -0.05) is 6.92 Å². The zero-order valence-electron chi connectivity index (χ0n) is 11.1. The number of fused-ring (bicyclic) bond motifs is 1. The van der Waals surface area contributed by atoms with Crippen LogP contribution in [0.1, 0.15) is 39.9 Å². The Bertz CT molecular complexity index is 414. The van der Waals surface area contributed by atoms with Crippen molar-refractivity contribution in [3.8, 4) is 0 Å². The Morgan fingerprint density at radius 3 is 3.22 bits per heavy atom. The molecule has 1 aromatic rings. The quantitative estimate of drug-likeness (QED) is 0.833. The summed E-state index contributed by atoms with van der Waals surface area (Å²) in [6.07, 6.45) is 4.38. The van der Waals surface area contributed by atoms with Crippen molar-refractivity contribution in [1.29, 1.82) is 0 Å². The molecule has 1 amide bonds. The highest BCUT2D eigenvalue weighted by Crippen LogP contribution is 2.32. The molecule has 0 aliphatic heterocycles. The van der Waals surface area contributed by atoms with Gasteiger partial charge >= 0.3 is 0 Å². The van der Waals surface area contributed by atoms with E-state index in [0.717, 1.165) is 30.1 Å². The topological polar surface area (TPSA) is 38.3 Å². The van der Waals surface area contributed by atoms with Gasteiger partial charge in [0.25, 0.3) is 5.91 Å². The Kier molecular flexibility index (Phi) is 4.78. The van der Waals surface area contributed by atoms with Crippen LogP contribution >= 0.6 is 11.3 Å². The Hall–Kier alpha value is -0.870. The molecule has 1 aliphatic rings. The van der Waals surface area contributed by atoms with Gasteiger partial charge in [-0.15, -0.1) is 11.3 Å². The minimum Gasteiger partial charge on any atom is -0.385 e. The average molecular weight is 267 g/mol. The number of hydrogen-bond donors (Lipinski definition) is 1. The highest BCUT2D eigenvalue weighted by Gasteiger charge is 2.20. The van der Waals surface area contributed by atoms with Crippen LogP contribution in [0.2, 0.25) is 0 Å². The first-order valence-corrected chi connectivity index (χ1v) is 7.41. The van der Waals surface area contributed by atoms with E-state index in [9.17, 15) is 4.79 Å². The Balaban J connectivity index is 1.91. The molecule has 1 aliphatic carbocycles. The van der Waals surface area contributed by atoms with Crippen LogP contribution in [0.5, 0.6) is 0 Å². The number of nitrogens with one attached hydrogen (secondary N) is 1. The molecule has 1 N–H and O–H groups in total. The first kappa shape index (κ1) is 13.6. The second kappa shape index (κ2) is 6.34. The number of carbonyl (C=O) groups excluding carboxylic acids is 1. The highest BCUT2D eigenvalue weighted by atomic mass is 32.1. The lowest BCUT2D eigenvalue weighted by molar-refractivity contribution is 0.0952. The summed E-state index contributed by atoms with van der Waals surface area (Å²) in [5.74, 6) is 0.822. The smallest absolute Gasteiger partial charge is 0.261 e. The van der Waals surface area contributed by atoms with Crippen molar-refractivity contribution in [2.75, 3.05) is 20.3 Å². The van der Waals surface area contributed by atoms with Crippen molar-refractivity contribution in [2.45, 2.75) is 32.6 Å². The fraction of sp³-hybridized carbons (Fsp3) is 0.643. The van der Waals surface area contributed by atoms with E-state index in [4.69, 9.17) is 4.74 Å². The third-order valence-electron chi connectivity index (χ3n) is 3.36. The first-order valence-electron chi connectivity index (χ1n) is 6.59. The highest BCUT2D eigenvalue weighted by molar-refractivity contribution is 7.14. The van der Waals surface area contributed by atoms with E-state index in [1.54, 1.807) is 18.4 Å². The summed E-state index contributed by atoms with van der Waals surface area (Å²) in [5.41, 5.74) is 1.39. The van der Waals surface area contributed by atoms with Crippen LogP contribution in [0, 0.1) is 5.92 Å². The van der Waals surface area contributed by atoms with E-state index in [0.29, 0.717) is 13.2 Å². The zero-order chi connectivity index (χ0) is 13.0. The SMILES string of the molecule is COCCCNC(=O)c1cc2c(s1)CC[C@@H](C)C2. The molecule has 3 nitrogen and oxygen atoms in total. The fourth-order valence-electron chi connectivity index (χ4n) is 2.32. The van der Waals surface area contributed by atoms with Gasteiger partial charge in [0.15, 0.2) is 0 Å². The Labute approximate surface area is 113 Å².